The second-order valence-electron chi connectivity index (χ2n) is 2.98. The fourth-order valence-electron chi connectivity index (χ4n) is 1.52. The second kappa shape index (κ2) is 3.66. The summed E-state index contributed by atoms with van der Waals surface area (Å²) in [7, 11) is 1.90. The summed E-state index contributed by atoms with van der Waals surface area (Å²) in [5.41, 5.74) is 0. The van der Waals surface area contributed by atoms with Crippen LogP contribution >= 0.6 is 0 Å². The molecule has 13 heavy (non-hydrogen) atoms. The molecule has 1 aliphatic rings. The van der Waals surface area contributed by atoms with E-state index in [4.69, 9.17) is 9.15 Å². The van der Waals surface area contributed by atoms with Gasteiger partial charge in [0.2, 0.25) is 0 Å². The third kappa shape index (κ3) is 1.60. The topological polar surface area (TPSA) is 34.4 Å². The van der Waals surface area contributed by atoms with Crippen molar-refractivity contribution in [1.29, 1.82) is 0 Å². The molecular formula is C10H13NO2. The first kappa shape index (κ1) is 8.38. The van der Waals surface area contributed by atoms with Gasteiger partial charge in [-0.1, -0.05) is 0 Å². The minimum Gasteiger partial charge on any atom is -0.496 e. The molecule has 3 heteroatoms. The first-order valence-corrected chi connectivity index (χ1v) is 4.45. The van der Waals surface area contributed by atoms with Gasteiger partial charge in [-0.25, -0.2) is 0 Å². The molecule has 0 aliphatic carbocycles. The van der Waals surface area contributed by atoms with E-state index in [0.717, 1.165) is 24.5 Å². The van der Waals surface area contributed by atoms with E-state index in [0.29, 0.717) is 0 Å². The number of likely N-dealkylation sites (N-methyl/N-ethyl adjacent to an activating group) is 1. The summed E-state index contributed by atoms with van der Waals surface area (Å²) in [4.78, 5) is 0. The highest BCUT2D eigenvalue weighted by molar-refractivity contribution is 5.17. The molecule has 1 N–H and O–H groups in total. The van der Waals surface area contributed by atoms with Crippen LogP contribution in [-0.2, 0) is 4.74 Å². The lowest BCUT2D eigenvalue weighted by Gasteiger charge is -2.14. The van der Waals surface area contributed by atoms with Gasteiger partial charge in [0.05, 0.1) is 12.9 Å². The smallest absolute Gasteiger partial charge is 0.128 e. The van der Waals surface area contributed by atoms with Crippen LogP contribution in [0.15, 0.2) is 34.6 Å². The van der Waals surface area contributed by atoms with Gasteiger partial charge in [-0.15, -0.1) is 0 Å². The number of hydrogen-bond donors (Lipinski definition) is 1. The maximum Gasteiger partial charge on any atom is 0.128 e. The molecule has 1 aromatic rings. The van der Waals surface area contributed by atoms with Crippen LogP contribution in [0.4, 0.5) is 0 Å². The number of furan rings is 1. The summed E-state index contributed by atoms with van der Waals surface area (Å²) in [5, 5.41) is 3.16. The Labute approximate surface area is 77.4 Å². The van der Waals surface area contributed by atoms with E-state index in [1.165, 1.54) is 0 Å². The highest BCUT2D eigenvalue weighted by Crippen LogP contribution is 2.25. The maximum atomic E-state index is 5.47. The van der Waals surface area contributed by atoms with Crippen molar-refractivity contribution in [2.24, 2.45) is 0 Å². The first-order chi connectivity index (χ1) is 6.42. The molecule has 0 radical (unpaired) electrons. The maximum absolute atomic E-state index is 5.47. The van der Waals surface area contributed by atoms with E-state index in [-0.39, 0.29) is 6.04 Å². The van der Waals surface area contributed by atoms with Gasteiger partial charge in [0.25, 0.3) is 0 Å². The molecule has 3 nitrogen and oxygen atoms in total. The Kier molecular flexibility index (Phi) is 2.36. The standard InChI is InChI=1S/C10H13NO2/c1-11-10(8-4-2-6-12-8)9-5-3-7-13-9/h2,4-6,10-11H,3,7H2,1H3. The monoisotopic (exact) mass is 179 g/mol. The molecule has 0 saturated heterocycles. The normalized spacial score (nSPS) is 18.1. The molecule has 0 saturated carbocycles. The average Bonchev–Trinajstić information content (AvgIpc) is 2.76. The van der Waals surface area contributed by atoms with Crippen LogP contribution in [0.25, 0.3) is 0 Å². The molecule has 1 atom stereocenters. The Hall–Kier alpha value is -1.22. The molecule has 1 unspecified atom stereocenters. The highest BCUT2D eigenvalue weighted by Gasteiger charge is 2.20. The molecule has 0 amide bonds. The molecule has 0 fully saturated rings. The molecule has 0 bridgehead atoms. The zero-order valence-corrected chi connectivity index (χ0v) is 7.62. The van der Waals surface area contributed by atoms with Crippen molar-refractivity contribution < 1.29 is 9.15 Å². The van der Waals surface area contributed by atoms with E-state index in [1.807, 2.05) is 19.2 Å². The molecule has 0 spiro atoms. The lowest BCUT2D eigenvalue weighted by atomic mass is 10.2. The van der Waals surface area contributed by atoms with Crippen LogP contribution in [0.2, 0.25) is 0 Å². The number of ether oxygens (including phenoxy) is 1. The number of rotatable bonds is 3. The Bertz CT molecular complexity index is 290. The van der Waals surface area contributed by atoms with Gasteiger partial charge in [0.15, 0.2) is 0 Å². The fourth-order valence-corrected chi connectivity index (χ4v) is 1.52. The SMILES string of the molecule is CNC(C1=CCCO1)c1ccco1. The van der Waals surface area contributed by atoms with E-state index in [1.54, 1.807) is 6.26 Å². The summed E-state index contributed by atoms with van der Waals surface area (Å²) in [6.45, 7) is 0.786. The molecule has 2 heterocycles. The van der Waals surface area contributed by atoms with E-state index >= 15 is 0 Å². The van der Waals surface area contributed by atoms with Crippen LogP contribution in [0.3, 0.4) is 0 Å². The summed E-state index contributed by atoms with van der Waals surface area (Å²) < 4.78 is 10.8. The zero-order chi connectivity index (χ0) is 9.10. The van der Waals surface area contributed by atoms with Crippen LogP contribution in [-0.4, -0.2) is 13.7 Å². The van der Waals surface area contributed by atoms with E-state index < -0.39 is 0 Å². The molecule has 2 rings (SSSR count). The van der Waals surface area contributed by atoms with Crippen LogP contribution in [0, 0.1) is 0 Å². The Morgan fingerprint density at radius 3 is 3.00 bits per heavy atom. The minimum absolute atomic E-state index is 0.0671. The molecule has 0 aromatic carbocycles. The molecule has 70 valence electrons. The fraction of sp³-hybridized carbons (Fsp3) is 0.400. The van der Waals surface area contributed by atoms with Crippen LogP contribution in [0.1, 0.15) is 18.2 Å². The minimum atomic E-state index is 0.0671. The highest BCUT2D eigenvalue weighted by atomic mass is 16.5. The molecule has 1 aromatic heterocycles. The summed E-state index contributed by atoms with van der Waals surface area (Å²) >= 11 is 0. The summed E-state index contributed by atoms with van der Waals surface area (Å²) in [6, 6.07) is 3.90. The third-order valence-corrected chi connectivity index (χ3v) is 2.13. The number of hydrogen-bond acceptors (Lipinski definition) is 3. The van der Waals surface area contributed by atoms with E-state index in [9.17, 15) is 0 Å². The van der Waals surface area contributed by atoms with Gasteiger partial charge in [0, 0.05) is 6.42 Å². The van der Waals surface area contributed by atoms with E-state index in [2.05, 4.69) is 11.4 Å². The lowest BCUT2D eigenvalue weighted by Crippen LogP contribution is -2.18. The quantitative estimate of drug-likeness (QED) is 0.768. The van der Waals surface area contributed by atoms with Gasteiger partial charge in [-0.3, -0.25) is 0 Å². The van der Waals surface area contributed by atoms with Crippen molar-refractivity contribution in [3.8, 4) is 0 Å². The van der Waals surface area contributed by atoms with Crippen molar-refractivity contribution in [1.82, 2.24) is 5.32 Å². The average molecular weight is 179 g/mol. The largest absolute Gasteiger partial charge is 0.496 e. The van der Waals surface area contributed by atoms with Crippen LogP contribution in [0.5, 0.6) is 0 Å². The first-order valence-electron chi connectivity index (χ1n) is 4.45. The summed E-state index contributed by atoms with van der Waals surface area (Å²) in [5.74, 6) is 1.87. The molecule has 1 aliphatic heterocycles. The Morgan fingerprint density at radius 2 is 2.46 bits per heavy atom. The van der Waals surface area contributed by atoms with Crippen molar-refractivity contribution in [3.05, 3.63) is 36.0 Å². The van der Waals surface area contributed by atoms with Gasteiger partial charge in [0.1, 0.15) is 17.6 Å². The second-order valence-corrected chi connectivity index (χ2v) is 2.98. The lowest BCUT2D eigenvalue weighted by molar-refractivity contribution is 0.210. The molecular weight excluding hydrogens is 166 g/mol. The van der Waals surface area contributed by atoms with Gasteiger partial charge in [-0.2, -0.15) is 0 Å². The van der Waals surface area contributed by atoms with Crippen molar-refractivity contribution in [2.45, 2.75) is 12.5 Å². The van der Waals surface area contributed by atoms with Crippen molar-refractivity contribution in [2.75, 3.05) is 13.7 Å². The zero-order valence-electron chi connectivity index (χ0n) is 7.62. The Morgan fingerprint density at radius 1 is 1.54 bits per heavy atom. The Balaban J connectivity index is 2.18. The van der Waals surface area contributed by atoms with Gasteiger partial charge < -0.3 is 14.5 Å². The summed E-state index contributed by atoms with van der Waals surface area (Å²) in [6.07, 6.45) is 4.77. The van der Waals surface area contributed by atoms with Crippen LogP contribution < -0.4 is 5.32 Å². The van der Waals surface area contributed by atoms with Crippen molar-refractivity contribution >= 4 is 0 Å². The van der Waals surface area contributed by atoms with Gasteiger partial charge >= 0.3 is 0 Å². The van der Waals surface area contributed by atoms with Gasteiger partial charge in [-0.05, 0) is 25.3 Å². The number of nitrogens with one attached hydrogen (secondary N) is 1. The third-order valence-electron chi connectivity index (χ3n) is 2.13. The predicted molar refractivity (Wildman–Crippen MR) is 49.2 cm³/mol. The van der Waals surface area contributed by atoms with Crippen molar-refractivity contribution in [3.63, 3.8) is 0 Å². The predicted octanol–water partition coefficient (Wildman–Crippen LogP) is 1.84.